The summed E-state index contributed by atoms with van der Waals surface area (Å²) in [7, 11) is 0. The summed E-state index contributed by atoms with van der Waals surface area (Å²) < 4.78 is 11.3. The Hall–Kier alpha value is -2.63. The smallest absolute Gasteiger partial charge is 0.333 e. The van der Waals surface area contributed by atoms with Crippen LogP contribution in [0.5, 0.6) is 5.75 Å². The minimum Gasteiger partial charge on any atom is -0.488 e. The van der Waals surface area contributed by atoms with Gasteiger partial charge >= 0.3 is 5.97 Å². The maximum Gasteiger partial charge on any atom is 0.333 e. The first-order chi connectivity index (χ1) is 14.5. The van der Waals surface area contributed by atoms with Crippen molar-refractivity contribution in [3.63, 3.8) is 0 Å². The first-order valence-corrected chi connectivity index (χ1v) is 11.1. The van der Waals surface area contributed by atoms with Gasteiger partial charge in [-0.05, 0) is 60.7 Å². The summed E-state index contributed by atoms with van der Waals surface area (Å²) in [5.74, 6) is -0.172. The van der Waals surface area contributed by atoms with Crippen LogP contribution in [0.2, 0.25) is 0 Å². The van der Waals surface area contributed by atoms with Crippen LogP contribution in [0, 0.1) is 6.92 Å². The topological polar surface area (TPSA) is 55.8 Å². The molecule has 0 saturated heterocycles. The second-order valence-corrected chi connectivity index (χ2v) is 8.32. The van der Waals surface area contributed by atoms with E-state index in [1.54, 1.807) is 18.3 Å². The SMILES string of the molecule is CCOC(Cc1ccc(OCc2sc(-c3ccc(CC)cc3)cc2C)cc1)C(=O)O. The lowest BCUT2D eigenvalue weighted by atomic mass is 10.1. The van der Waals surface area contributed by atoms with Crippen LogP contribution in [0.4, 0.5) is 0 Å². The molecule has 0 aliphatic heterocycles. The van der Waals surface area contributed by atoms with Gasteiger partial charge in [0, 0.05) is 22.8 Å². The highest BCUT2D eigenvalue weighted by Gasteiger charge is 2.17. The average Bonchev–Trinajstić information content (AvgIpc) is 3.13. The number of hydrogen-bond donors (Lipinski definition) is 1. The van der Waals surface area contributed by atoms with Gasteiger partial charge in [0.05, 0.1) is 0 Å². The molecule has 3 aromatic rings. The highest BCUT2D eigenvalue weighted by molar-refractivity contribution is 7.15. The highest BCUT2D eigenvalue weighted by atomic mass is 32.1. The van der Waals surface area contributed by atoms with Gasteiger partial charge in [-0.2, -0.15) is 0 Å². The van der Waals surface area contributed by atoms with Crippen LogP contribution in [0.3, 0.4) is 0 Å². The van der Waals surface area contributed by atoms with Crippen molar-refractivity contribution in [3.05, 3.63) is 76.2 Å². The molecule has 1 heterocycles. The summed E-state index contributed by atoms with van der Waals surface area (Å²) in [4.78, 5) is 13.7. The third-order valence-electron chi connectivity index (χ3n) is 5.02. The van der Waals surface area contributed by atoms with E-state index < -0.39 is 12.1 Å². The van der Waals surface area contributed by atoms with Crippen LogP contribution in [-0.4, -0.2) is 23.8 Å². The fraction of sp³-hybridized carbons (Fsp3) is 0.320. The second kappa shape index (κ2) is 10.4. The molecule has 2 aromatic carbocycles. The normalized spacial score (nSPS) is 12.0. The van der Waals surface area contributed by atoms with Crippen molar-refractivity contribution in [1.29, 1.82) is 0 Å². The van der Waals surface area contributed by atoms with Gasteiger partial charge in [0.2, 0.25) is 0 Å². The molecule has 0 bridgehead atoms. The number of aryl methyl sites for hydroxylation is 2. The Morgan fingerprint density at radius 3 is 2.30 bits per heavy atom. The largest absolute Gasteiger partial charge is 0.488 e. The monoisotopic (exact) mass is 424 g/mol. The third kappa shape index (κ3) is 5.71. The van der Waals surface area contributed by atoms with Gasteiger partial charge < -0.3 is 14.6 Å². The lowest BCUT2D eigenvalue weighted by Gasteiger charge is -2.13. The van der Waals surface area contributed by atoms with Crippen LogP contribution >= 0.6 is 11.3 Å². The van der Waals surface area contributed by atoms with Crippen LogP contribution in [0.1, 0.15) is 35.4 Å². The number of carbonyl (C=O) groups is 1. The second-order valence-electron chi connectivity index (χ2n) is 7.19. The number of carboxylic acids is 1. The van der Waals surface area contributed by atoms with E-state index in [4.69, 9.17) is 9.47 Å². The quantitative estimate of drug-likeness (QED) is 0.440. The molecule has 3 rings (SSSR count). The van der Waals surface area contributed by atoms with Gasteiger partial charge in [-0.15, -0.1) is 11.3 Å². The minimum absolute atomic E-state index is 0.341. The van der Waals surface area contributed by atoms with Gasteiger partial charge in [-0.25, -0.2) is 4.79 Å². The van der Waals surface area contributed by atoms with E-state index in [1.165, 1.54) is 26.4 Å². The standard InChI is InChI=1S/C25H28O4S/c1-4-18-6-10-20(11-7-18)23-14-17(3)24(30-23)16-29-21-12-8-19(9-13-21)15-22(25(26)27)28-5-2/h6-14,22H,4-5,15-16H2,1-3H3,(H,26,27). The molecular formula is C25H28O4S. The Morgan fingerprint density at radius 1 is 1.03 bits per heavy atom. The number of thiophene rings is 1. The predicted octanol–water partition coefficient (Wildman–Crippen LogP) is 5.90. The fourth-order valence-electron chi connectivity index (χ4n) is 3.21. The maximum atomic E-state index is 11.2. The molecule has 1 aromatic heterocycles. The Bertz CT molecular complexity index is 958. The number of carboxylic acid groups (broad SMARTS) is 1. The number of aliphatic carboxylic acids is 1. The summed E-state index contributed by atoms with van der Waals surface area (Å²) >= 11 is 1.76. The van der Waals surface area contributed by atoms with Crippen molar-refractivity contribution in [2.45, 2.75) is 46.3 Å². The highest BCUT2D eigenvalue weighted by Crippen LogP contribution is 2.32. The van der Waals surface area contributed by atoms with Gasteiger partial charge in [0.1, 0.15) is 12.4 Å². The van der Waals surface area contributed by atoms with Crippen LogP contribution in [-0.2, 0) is 29.0 Å². The fourth-order valence-corrected chi connectivity index (χ4v) is 4.31. The third-order valence-corrected chi connectivity index (χ3v) is 6.28. The number of benzene rings is 2. The average molecular weight is 425 g/mol. The Labute approximate surface area is 182 Å². The number of rotatable bonds is 10. The molecule has 5 heteroatoms. The Balaban J connectivity index is 1.61. The van der Waals surface area contributed by atoms with Gasteiger partial charge in [0.15, 0.2) is 6.10 Å². The molecule has 0 radical (unpaired) electrons. The number of ether oxygens (including phenoxy) is 2. The van der Waals surface area contributed by atoms with Crippen molar-refractivity contribution >= 4 is 17.3 Å². The van der Waals surface area contributed by atoms with Gasteiger partial charge in [0.25, 0.3) is 0 Å². The predicted molar refractivity (Wildman–Crippen MR) is 121 cm³/mol. The van der Waals surface area contributed by atoms with Crippen LogP contribution in [0.15, 0.2) is 54.6 Å². The molecule has 0 spiro atoms. The van der Waals surface area contributed by atoms with Gasteiger partial charge in [-0.3, -0.25) is 0 Å². The number of hydrogen-bond acceptors (Lipinski definition) is 4. The molecule has 0 aliphatic carbocycles. The molecule has 1 unspecified atom stereocenters. The molecule has 1 atom stereocenters. The molecular weight excluding hydrogens is 396 g/mol. The molecule has 0 saturated carbocycles. The molecule has 30 heavy (non-hydrogen) atoms. The Kier molecular flexibility index (Phi) is 7.66. The van der Waals surface area contributed by atoms with Gasteiger partial charge in [-0.1, -0.05) is 43.3 Å². The van der Waals surface area contributed by atoms with Crippen molar-refractivity contribution in [2.24, 2.45) is 0 Å². The maximum absolute atomic E-state index is 11.2. The molecule has 0 aliphatic rings. The van der Waals surface area contributed by atoms with E-state index >= 15 is 0 Å². The summed E-state index contributed by atoms with van der Waals surface area (Å²) in [5, 5.41) is 9.22. The van der Waals surface area contributed by atoms with E-state index in [0.717, 1.165) is 17.7 Å². The lowest BCUT2D eigenvalue weighted by molar-refractivity contribution is -0.149. The zero-order valence-electron chi connectivity index (χ0n) is 17.7. The van der Waals surface area contributed by atoms with E-state index in [0.29, 0.717) is 19.6 Å². The van der Waals surface area contributed by atoms with Crippen molar-refractivity contribution in [1.82, 2.24) is 0 Å². The zero-order valence-corrected chi connectivity index (χ0v) is 18.5. The van der Waals surface area contributed by atoms with E-state index in [2.05, 4.69) is 44.2 Å². The van der Waals surface area contributed by atoms with E-state index in [9.17, 15) is 9.90 Å². The summed E-state index contributed by atoms with van der Waals surface area (Å²) in [5.41, 5.74) is 4.72. The lowest BCUT2D eigenvalue weighted by Crippen LogP contribution is -2.26. The van der Waals surface area contributed by atoms with E-state index in [1.807, 2.05) is 24.3 Å². The summed E-state index contributed by atoms with van der Waals surface area (Å²) in [6.45, 7) is 6.96. The molecule has 158 valence electrons. The minimum atomic E-state index is -0.939. The molecule has 0 fully saturated rings. The molecule has 4 nitrogen and oxygen atoms in total. The van der Waals surface area contributed by atoms with Crippen LogP contribution in [0.25, 0.3) is 10.4 Å². The first-order valence-electron chi connectivity index (χ1n) is 10.2. The molecule has 1 N–H and O–H groups in total. The zero-order chi connectivity index (χ0) is 21.5. The van der Waals surface area contributed by atoms with Crippen molar-refractivity contribution in [3.8, 4) is 16.2 Å². The van der Waals surface area contributed by atoms with Crippen LogP contribution < -0.4 is 4.74 Å². The first kappa shape index (κ1) is 22.1. The summed E-state index contributed by atoms with van der Waals surface area (Å²) in [6.07, 6.45) is 0.568. The van der Waals surface area contributed by atoms with E-state index in [-0.39, 0.29) is 0 Å². The van der Waals surface area contributed by atoms with Crippen molar-refractivity contribution < 1.29 is 19.4 Å². The van der Waals surface area contributed by atoms with Crippen molar-refractivity contribution in [2.75, 3.05) is 6.61 Å². The Morgan fingerprint density at radius 2 is 1.70 bits per heavy atom. The molecule has 0 amide bonds. The summed E-state index contributed by atoms with van der Waals surface area (Å²) in [6, 6.07) is 18.5.